The topological polar surface area (TPSA) is 36.4 Å². The number of hydrogen-bond acceptors (Lipinski definition) is 3. The Morgan fingerprint density at radius 2 is 2.21 bits per heavy atom. The number of aliphatic hydroxyl groups is 1. The molecule has 0 fully saturated rings. The lowest BCUT2D eigenvalue weighted by atomic mass is 10.3. The molecule has 0 aliphatic rings. The van der Waals surface area contributed by atoms with E-state index in [1.165, 1.54) is 0 Å². The number of aromatic nitrogens is 1. The Balaban J connectivity index is 2.23. The average molecular weight is 306 g/mol. The Morgan fingerprint density at radius 1 is 1.36 bits per heavy atom. The van der Waals surface area contributed by atoms with Gasteiger partial charge < -0.3 is 5.11 Å². The summed E-state index contributed by atoms with van der Waals surface area (Å²) in [4.78, 5) is 4.25. The zero-order valence-electron chi connectivity index (χ0n) is 8.06. The van der Waals surface area contributed by atoms with Crippen LogP contribution in [0, 0.1) is 0 Å². The summed E-state index contributed by atoms with van der Waals surface area (Å²) in [7, 11) is 0. The third-order valence-corrected chi connectivity index (χ3v) is 2.69. The quantitative estimate of drug-likeness (QED) is 0.496. The number of aliphatic hydroxyl groups excluding tert-OH is 1. The van der Waals surface area contributed by atoms with Crippen LogP contribution in [0.1, 0.15) is 18.5 Å². The molecule has 1 aromatic rings. The molecule has 0 radical (unpaired) electrons. The van der Waals surface area contributed by atoms with E-state index in [0.717, 1.165) is 31.6 Å². The van der Waals surface area contributed by atoms with Crippen molar-refractivity contribution in [2.24, 2.45) is 0 Å². The van der Waals surface area contributed by atoms with Gasteiger partial charge in [0, 0.05) is 42.2 Å². The zero-order valence-corrected chi connectivity index (χ0v) is 10.2. The summed E-state index contributed by atoms with van der Waals surface area (Å²) >= 11 is 2.30. The van der Waals surface area contributed by atoms with Crippen molar-refractivity contribution in [3.63, 3.8) is 0 Å². The van der Waals surface area contributed by atoms with Crippen LogP contribution in [0.25, 0.3) is 0 Å². The molecule has 0 aliphatic carbocycles. The van der Waals surface area contributed by atoms with Crippen LogP contribution in [0.3, 0.4) is 0 Å². The Hall–Kier alpha value is -0.200. The fourth-order valence-electron chi connectivity index (χ4n) is 1.14. The molecule has 0 unspecified atom stereocenters. The summed E-state index contributed by atoms with van der Waals surface area (Å²) in [5.74, 6) is 0. The molecule has 1 aromatic heterocycles. The van der Waals surface area contributed by atoms with E-state index in [9.17, 15) is 0 Å². The van der Waals surface area contributed by atoms with Crippen LogP contribution in [0.15, 0.2) is 24.4 Å². The van der Waals surface area contributed by atoms with Crippen molar-refractivity contribution in [2.75, 3.05) is 13.2 Å². The lowest BCUT2D eigenvalue weighted by Gasteiger charge is -2.12. The first-order chi connectivity index (χ1) is 6.83. The van der Waals surface area contributed by atoms with E-state index < -0.39 is 0 Å². The van der Waals surface area contributed by atoms with Crippen molar-refractivity contribution in [3.8, 4) is 0 Å². The number of halogens is 1. The van der Waals surface area contributed by atoms with Crippen LogP contribution in [0.2, 0.25) is 0 Å². The highest BCUT2D eigenvalue weighted by Gasteiger charge is 2.01. The molecule has 3 nitrogen and oxygen atoms in total. The molecule has 0 aromatic carbocycles. The number of hydrogen-bond donors (Lipinski definition) is 1. The average Bonchev–Trinajstić information content (AvgIpc) is 2.20. The molecule has 0 saturated heterocycles. The molecule has 0 spiro atoms. The summed E-state index contributed by atoms with van der Waals surface area (Å²) < 4.78 is 2.19. The largest absolute Gasteiger partial charge is 0.396 e. The summed E-state index contributed by atoms with van der Waals surface area (Å²) in [6.07, 6.45) is 3.72. The second-order valence-corrected chi connectivity index (χ2v) is 4.46. The normalized spacial score (nSPS) is 10.8. The predicted octanol–water partition coefficient (Wildman–Crippen LogP) is 2.01. The van der Waals surface area contributed by atoms with Crippen LogP contribution >= 0.6 is 22.9 Å². The highest BCUT2D eigenvalue weighted by atomic mass is 127. The number of nitrogens with zero attached hydrogens (tertiary/aromatic N) is 2. The van der Waals surface area contributed by atoms with Gasteiger partial charge in [0.25, 0.3) is 0 Å². The van der Waals surface area contributed by atoms with Gasteiger partial charge in [0.1, 0.15) is 0 Å². The number of pyridine rings is 1. The molecule has 1 rings (SSSR count). The molecule has 78 valence electrons. The minimum Gasteiger partial charge on any atom is -0.396 e. The van der Waals surface area contributed by atoms with E-state index in [2.05, 4.69) is 31.0 Å². The minimum absolute atomic E-state index is 0.286. The van der Waals surface area contributed by atoms with Crippen molar-refractivity contribution in [3.05, 3.63) is 30.1 Å². The Bertz CT molecular complexity index is 243. The van der Waals surface area contributed by atoms with Crippen molar-refractivity contribution < 1.29 is 5.11 Å². The van der Waals surface area contributed by atoms with Crippen molar-refractivity contribution in [1.29, 1.82) is 0 Å². The first kappa shape index (κ1) is 11.9. The smallest absolute Gasteiger partial charge is 0.0552 e. The van der Waals surface area contributed by atoms with Gasteiger partial charge in [-0.25, -0.2) is 3.11 Å². The first-order valence-electron chi connectivity index (χ1n) is 4.74. The van der Waals surface area contributed by atoms with Crippen LogP contribution in [0.5, 0.6) is 0 Å². The van der Waals surface area contributed by atoms with E-state index >= 15 is 0 Å². The van der Waals surface area contributed by atoms with Crippen LogP contribution in [0.4, 0.5) is 0 Å². The molecular weight excluding hydrogens is 291 g/mol. The third-order valence-electron chi connectivity index (χ3n) is 1.87. The number of rotatable bonds is 6. The maximum atomic E-state index is 8.64. The Labute approximate surface area is 98.6 Å². The monoisotopic (exact) mass is 306 g/mol. The molecule has 1 N–H and O–H groups in total. The van der Waals surface area contributed by atoms with E-state index in [-0.39, 0.29) is 6.61 Å². The maximum absolute atomic E-state index is 8.64. The van der Waals surface area contributed by atoms with Crippen LogP contribution in [-0.4, -0.2) is 26.4 Å². The van der Waals surface area contributed by atoms with Crippen molar-refractivity contribution >= 4 is 22.9 Å². The second kappa shape index (κ2) is 7.14. The van der Waals surface area contributed by atoms with Gasteiger partial charge in [0.05, 0.1) is 12.2 Å². The molecule has 0 saturated carbocycles. The lowest BCUT2D eigenvalue weighted by molar-refractivity contribution is 0.279. The predicted molar refractivity (Wildman–Crippen MR) is 65.0 cm³/mol. The summed E-state index contributed by atoms with van der Waals surface area (Å²) in [6.45, 7) is 2.15. The fourth-order valence-corrected chi connectivity index (χ4v) is 1.83. The van der Waals surface area contributed by atoms with Gasteiger partial charge in [-0.05, 0) is 25.0 Å². The molecule has 0 atom stereocenters. The molecule has 4 heteroatoms. The molecule has 1 heterocycles. The first-order valence-corrected chi connectivity index (χ1v) is 5.71. The van der Waals surface area contributed by atoms with Gasteiger partial charge in [0.15, 0.2) is 0 Å². The van der Waals surface area contributed by atoms with Crippen LogP contribution < -0.4 is 0 Å². The van der Waals surface area contributed by atoms with E-state index in [0.29, 0.717) is 0 Å². The Morgan fingerprint density at radius 3 is 2.86 bits per heavy atom. The van der Waals surface area contributed by atoms with Crippen LogP contribution in [-0.2, 0) is 6.54 Å². The number of unbranched alkanes of at least 4 members (excludes halogenated alkanes) is 1. The van der Waals surface area contributed by atoms with Gasteiger partial charge in [0.2, 0.25) is 0 Å². The highest BCUT2D eigenvalue weighted by Crippen LogP contribution is 2.07. The van der Waals surface area contributed by atoms with Gasteiger partial charge in [-0.2, -0.15) is 0 Å². The van der Waals surface area contributed by atoms with Crippen molar-refractivity contribution in [2.45, 2.75) is 19.4 Å². The summed E-state index contributed by atoms with van der Waals surface area (Å²) in [5.41, 5.74) is 1.09. The van der Waals surface area contributed by atoms with E-state index in [1.807, 2.05) is 24.4 Å². The van der Waals surface area contributed by atoms with Gasteiger partial charge in [-0.1, -0.05) is 6.07 Å². The summed E-state index contributed by atoms with van der Waals surface area (Å²) in [5, 5.41) is 8.64. The van der Waals surface area contributed by atoms with Gasteiger partial charge in [-0.15, -0.1) is 0 Å². The summed E-state index contributed by atoms with van der Waals surface area (Å²) in [6, 6.07) is 5.95. The molecular formula is C10H15IN2O. The lowest BCUT2D eigenvalue weighted by Crippen LogP contribution is -2.13. The van der Waals surface area contributed by atoms with E-state index in [1.54, 1.807) is 0 Å². The standard InChI is InChI=1S/C10H15IN2O/c11-13(7-3-4-8-14)9-10-5-1-2-6-12-10/h1-2,5-6,14H,3-4,7-9H2. The molecule has 0 bridgehead atoms. The molecule has 14 heavy (non-hydrogen) atoms. The molecule has 0 aliphatic heterocycles. The Kier molecular flexibility index (Phi) is 6.05. The maximum Gasteiger partial charge on any atom is 0.0552 e. The SMILES string of the molecule is OCCCCN(I)Cc1ccccn1. The molecule has 0 amide bonds. The zero-order chi connectivity index (χ0) is 10.2. The van der Waals surface area contributed by atoms with Crippen molar-refractivity contribution in [1.82, 2.24) is 8.10 Å². The highest BCUT2D eigenvalue weighted by molar-refractivity contribution is 14.1. The fraction of sp³-hybridized carbons (Fsp3) is 0.500. The third kappa shape index (κ3) is 4.88. The van der Waals surface area contributed by atoms with Gasteiger partial charge >= 0.3 is 0 Å². The minimum atomic E-state index is 0.286. The van der Waals surface area contributed by atoms with Gasteiger partial charge in [-0.3, -0.25) is 4.98 Å². The van der Waals surface area contributed by atoms with E-state index in [4.69, 9.17) is 5.11 Å². The second-order valence-electron chi connectivity index (χ2n) is 3.10.